The third-order valence-electron chi connectivity index (χ3n) is 4.11. The molecule has 0 saturated carbocycles. The molecule has 152 valence electrons. The molecule has 0 radical (unpaired) electrons. The van der Waals surface area contributed by atoms with Gasteiger partial charge >= 0.3 is 0 Å². The molecule has 0 spiro atoms. The van der Waals surface area contributed by atoms with Gasteiger partial charge in [0.15, 0.2) is 5.96 Å². The van der Waals surface area contributed by atoms with Crippen molar-refractivity contribution in [2.75, 3.05) is 27.2 Å². The summed E-state index contributed by atoms with van der Waals surface area (Å²) in [6, 6.07) is 7.60. The number of hydrogen-bond donors (Lipinski definition) is 2. The number of amides is 1. The van der Waals surface area contributed by atoms with Gasteiger partial charge in [-0.05, 0) is 24.6 Å². The Labute approximate surface area is 172 Å². The highest BCUT2D eigenvalue weighted by molar-refractivity contribution is 7.09. The maximum Gasteiger partial charge on any atom is 0.253 e. The van der Waals surface area contributed by atoms with Crippen LogP contribution in [0.4, 0.5) is 0 Å². The zero-order valence-corrected chi connectivity index (χ0v) is 18.3. The Morgan fingerprint density at radius 1 is 1.21 bits per heavy atom. The molecular weight excluding hydrogens is 370 g/mol. The first kappa shape index (κ1) is 21.9. The number of rotatable bonds is 8. The van der Waals surface area contributed by atoms with Crippen LogP contribution in [-0.2, 0) is 13.0 Å². The van der Waals surface area contributed by atoms with Gasteiger partial charge in [-0.2, -0.15) is 0 Å². The lowest BCUT2D eigenvalue weighted by atomic mass is 10.1. The van der Waals surface area contributed by atoms with E-state index >= 15 is 0 Å². The first-order valence-electron chi connectivity index (χ1n) is 9.67. The molecule has 0 atom stereocenters. The van der Waals surface area contributed by atoms with Crippen LogP contribution in [0, 0.1) is 0 Å². The Bertz CT molecular complexity index is 780. The predicted octanol–water partition coefficient (Wildman–Crippen LogP) is 3.27. The van der Waals surface area contributed by atoms with Gasteiger partial charge in [0.05, 0.1) is 17.2 Å². The van der Waals surface area contributed by atoms with Gasteiger partial charge in [0, 0.05) is 50.5 Å². The molecule has 6 nitrogen and oxygen atoms in total. The molecule has 7 heteroatoms. The van der Waals surface area contributed by atoms with E-state index in [0.717, 1.165) is 36.7 Å². The Morgan fingerprint density at radius 2 is 1.93 bits per heavy atom. The molecule has 0 bridgehead atoms. The normalized spacial score (nSPS) is 11.6. The van der Waals surface area contributed by atoms with E-state index in [4.69, 9.17) is 0 Å². The van der Waals surface area contributed by atoms with Crippen LogP contribution in [0.1, 0.15) is 53.3 Å². The minimum atomic E-state index is 0.00715. The molecule has 0 aliphatic carbocycles. The molecular formula is C21H31N5OS. The van der Waals surface area contributed by atoms with E-state index in [9.17, 15) is 4.79 Å². The van der Waals surface area contributed by atoms with Gasteiger partial charge in [0.1, 0.15) is 0 Å². The summed E-state index contributed by atoms with van der Waals surface area (Å²) in [6.07, 6.45) is 0.870. The number of aromatic nitrogens is 1. The summed E-state index contributed by atoms with van der Waals surface area (Å²) in [6.45, 7) is 8.52. The van der Waals surface area contributed by atoms with E-state index in [2.05, 4.69) is 39.8 Å². The fraction of sp³-hybridized carbons (Fsp3) is 0.476. The van der Waals surface area contributed by atoms with Crippen molar-refractivity contribution in [1.29, 1.82) is 0 Å². The van der Waals surface area contributed by atoms with Gasteiger partial charge in [-0.3, -0.25) is 4.79 Å². The lowest BCUT2D eigenvalue weighted by Gasteiger charge is -2.12. The lowest BCUT2D eigenvalue weighted by molar-refractivity contribution is 0.0827. The molecule has 2 N–H and O–H groups in total. The number of hydrogen-bond acceptors (Lipinski definition) is 4. The third-order valence-corrected chi connectivity index (χ3v) is 5.30. The van der Waals surface area contributed by atoms with Crippen LogP contribution in [0.2, 0.25) is 0 Å². The van der Waals surface area contributed by atoms with Gasteiger partial charge < -0.3 is 15.5 Å². The highest BCUT2D eigenvalue weighted by atomic mass is 32.1. The van der Waals surface area contributed by atoms with Crippen molar-refractivity contribution in [3.8, 4) is 0 Å². The van der Waals surface area contributed by atoms with Crippen LogP contribution in [0.3, 0.4) is 0 Å². The largest absolute Gasteiger partial charge is 0.357 e. The second-order valence-corrected chi connectivity index (χ2v) is 7.99. The molecule has 0 unspecified atom stereocenters. The van der Waals surface area contributed by atoms with E-state index in [1.54, 1.807) is 30.3 Å². The Hall–Kier alpha value is -2.41. The summed E-state index contributed by atoms with van der Waals surface area (Å²) in [5, 5.41) is 9.96. The maximum absolute atomic E-state index is 12.0. The molecule has 0 aliphatic rings. The average molecular weight is 402 g/mol. The molecule has 0 fully saturated rings. The minimum Gasteiger partial charge on any atom is -0.357 e. The van der Waals surface area contributed by atoms with Crippen LogP contribution in [0.25, 0.3) is 0 Å². The zero-order valence-electron chi connectivity index (χ0n) is 17.5. The van der Waals surface area contributed by atoms with E-state index in [1.165, 1.54) is 5.01 Å². The SMILES string of the molecule is CCNC(=NCc1ccc(C(=O)N(C)C)cc1)NCCc1csc(C(C)C)n1. The second-order valence-electron chi connectivity index (χ2n) is 7.10. The van der Waals surface area contributed by atoms with Crippen LogP contribution in [-0.4, -0.2) is 48.9 Å². The van der Waals surface area contributed by atoms with Gasteiger partial charge in [-0.25, -0.2) is 9.98 Å². The van der Waals surface area contributed by atoms with E-state index in [0.29, 0.717) is 18.0 Å². The molecule has 1 amide bonds. The monoisotopic (exact) mass is 401 g/mol. The van der Waals surface area contributed by atoms with Crippen molar-refractivity contribution >= 4 is 23.2 Å². The highest BCUT2D eigenvalue weighted by Gasteiger charge is 2.08. The molecule has 0 aliphatic heterocycles. The number of aliphatic imine (C=N–C) groups is 1. The number of benzene rings is 1. The molecule has 1 heterocycles. The molecule has 0 saturated heterocycles. The Balaban J connectivity index is 1.89. The molecule has 2 rings (SSSR count). The first-order valence-corrected chi connectivity index (χ1v) is 10.6. The fourth-order valence-corrected chi connectivity index (χ4v) is 3.40. The summed E-state index contributed by atoms with van der Waals surface area (Å²) in [7, 11) is 3.51. The number of guanidine groups is 1. The van der Waals surface area contributed by atoms with Crippen LogP contribution >= 0.6 is 11.3 Å². The summed E-state index contributed by atoms with van der Waals surface area (Å²) >= 11 is 1.73. The van der Waals surface area contributed by atoms with Crippen molar-refractivity contribution in [1.82, 2.24) is 20.5 Å². The topological polar surface area (TPSA) is 69.6 Å². The number of nitrogens with zero attached hydrogens (tertiary/aromatic N) is 3. The van der Waals surface area contributed by atoms with Crippen molar-refractivity contribution in [2.24, 2.45) is 4.99 Å². The van der Waals surface area contributed by atoms with Gasteiger partial charge in [0.2, 0.25) is 0 Å². The van der Waals surface area contributed by atoms with Crippen LogP contribution < -0.4 is 10.6 Å². The van der Waals surface area contributed by atoms with Crippen LogP contribution in [0.5, 0.6) is 0 Å². The molecule has 1 aromatic carbocycles. The standard InChI is InChI=1S/C21H31N5OS/c1-6-22-21(23-12-11-18-14-28-19(25-18)15(2)3)24-13-16-7-9-17(10-8-16)20(27)26(4)5/h7-10,14-15H,6,11-13H2,1-5H3,(H2,22,23,24). The number of thiazole rings is 1. The van der Waals surface area contributed by atoms with Crippen molar-refractivity contribution in [3.63, 3.8) is 0 Å². The van der Waals surface area contributed by atoms with Gasteiger partial charge in [-0.1, -0.05) is 26.0 Å². The smallest absolute Gasteiger partial charge is 0.253 e. The average Bonchev–Trinajstić information content (AvgIpc) is 3.15. The third kappa shape index (κ3) is 6.64. The predicted molar refractivity (Wildman–Crippen MR) is 117 cm³/mol. The van der Waals surface area contributed by atoms with Gasteiger partial charge in [0.25, 0.3) is 5.91 Å². The molecule has 2 aromatic rings. The first-order chi connectivity index (χ1) is 13.4. The minimum absolute atomic E-state index is 0.00715. The summed E-state index contributed by atoms with van der Waals surface area (Å²) < 4.78 is 0. The highest BCUT2D eigenvalue weighted by Crippen LogP contribution is 2.19. The lowest BCUT2D eigenvalue weighted by Crippen LogP contribution is -2.38. The molecule has 1 aromatic heterocycles. The summed E-state index contributed by atoms with van der Waals surface area (Å²) in [5.74, 6) is 1.27. The van der Waals surface area contributed by atoms with Crippen molar-refractivity contribution < 1.29 is 4.79 Å². The van der Waals surface area contributed by atoms with E-state index in [1.807, 2.05) is 31.2 Å². The Kier molecular flexibility index (Phi) is 8.44. The summed E-state index contributed by atoms with van der Waals surface area (Å²) in [4.78, 5) is 22.8. The molecule has 28 heavy (non-hydrogen) atoms. The van der Waals surface area contributed by atoms with Crippen molar-refractivity contribution in [2.45, 2.75) is 39.7 Å². The maximum atomic E-state index is 12.0. The van der Waals surface area contributed by atoms with E-state index < -0.39 is 0 Å². The number of carbonyl (C=O) groups is 1. The van der Waals surface area contributed by atoms with Crippen molar-refractivity contribution in [3.05, 3.63) is 51.5 Å². The van der Waals surface area contributed by atoms with Gasteiger partial charge in [-0.15, -0.1) is 11.3 Å². The fourth-order valence-electron chi connectivity index (χ4n) is 2.53. The summed E-state index contributed by atoms with van der Waals surface area (Å²) in [5.41, 5.74) is 2.87. The number of nitrogens with one attached hydrogen (secondary N) is 2. The second kappa shape index (κ2) is 10.8. The number of carbonyl (C=O) groups excluding carboxylic acids is 1. The van der Waals surface area contributed by atoms with E-state index in [-0.39, 0.29) is 5.91 Å². The van der Waals surface area contributed by atoms with Crippen LogP contribution in [0.15, 0.2) is 34.6 Å². The Morgan fingerprint density at radius 3 is 2.50 bits per heavy atom. The quantitative estimate of drug-likeness (QED) is 0.526. The zero-order chi connectivity index (χ0) is 20.5.